The van der Waals surface area contributed by atoms with Crippen LogP contribution in [-0.4, -0.2) is 10.8 Å². The highest BCUT2D eigenvalue weighted by molar-refractivity contribution is 6.01. The van der Waals surface area contributed by atoms with Gasteiger partial charge in [-0.3, -0.25) is 9.78 Å². The molecule has 1 aromatic carbocycles. The number of hydrogen-bond donors (Lipinski definition) is 0. The van der Waals surface area contributed by atoms with Gasteiger partial charge in [0.2, 0.25) is 0 Å². The standard InChI is InChI=1S/C14H15NO/c1-4-13(16)12-6-5-11-9(2)7-8-15-14(11)10(12)3/h5-8H,4H2,1-3H3. The second-order valence-corrected chi connectivity index (χ2v) is 4.04. The molecule has 82 valence electrons. The lowest BCUT2D eigenvalue weighted by molar-refractivity contribution is 0.0987. The summed E-state index contributed by atoms with van der Waals surface area (Å²) in [5.41, 5.74) is 3.93. The average molecular weight is 213 g/mol. The molecule has 0 saturated heterocycles. The van der Waals surface area contributed by atoms with Crippen molar-refractivity contribution in [3.8, 4) is 0 Å². The first kappa shape index (κ1) is 10.8. The lowest BCUT2D eigenvalue weighted by Crippen LogP contribution is -2.01. The summed E-state index contributed by atoms with van der Waals surface area (Å²) in [6.07, 6.45) is 2.34. The van der Waals surface area contributed by atoms with Gasteiger partial charge < -0.3 is 0 Å². The minimum absolute atomic E-state index is 0.183. The van der Waals surface area contributed by atoms with Crippen molar-refractivity contribution in [1.82, 2.24) is 4.98 Å². The Morgan fingerprint density at radius 3 is 2.69 bits per heavy atom. The van der Waals surface area contributed by atoms with Crippen molar-refractivity contribution in [2.24, 2.45) is 0 Å². The maximum Gasteiger partial charge on any atom is 0.162 e. The Hall–Kier alpha value is -1.70. The summed E-state index contributed by atoms with van der Waals surface area (Å²) in [6.45, 7) is 5.91. The largest absolute Gasteiger partial charge is 0.294 e. The highest BCUT2D eigenvalue weighted by atomic mass is 16.1. The second-order valence-electron chi connectivity index (χ2n) is 4.04. The van der Waals surface area contributed by atoms with Crippen LogP contribution < -0.4 is 0 Å². The minimum atomic E-state index is 0.183. The van der Waals surface area contributed by atoms with Crippen LogP contribution in [0.5, 0.6) is 0 Å². The van der Waals surface area contributed by atoms with E-state index in [4.69, 9.17) is 0 Å². The molecule has 0 atom stereocenters. The third kappa shape index (κ3) is 1.60. The third-order valence-electron chi connectivity index (χ3n) is 3.01. The summed E-state index contributed by atoms with van der Waals surface area (Å²) in [4.78, 5) is 16.1. The Bertz CT molecular complexity index is 558. The van der Waals surface area contributed by atoms with E-state index >= 15 is 0 Å². The zero-order valence-corrected chi connectivity index (χ0v) is 9.87. The van der Waals surface area contributed by atoms with Gasteiger partial charge in [-0.05, 0) is 31.0 Å². The summed E-state index contributed by atoms with van der Waals surface area (Å²) in [6, 6.07) is 5.90. The van der Waals surface area contributed by atoms with Crippen molar-refractivity contribution < 1.29 is 4.79 Å². The predicted molar refractivity (Wildman–Crippen MR) is 65.8 cm³/mol. The molecule has 0 aliphatic rings. The first-order valence-electron chi connectivity index (χ1n) is 5.53. The number of pyridine rings is 1. The number of rotatable bonds is 2. The maximum atomic E-state index is 11.7. The van der Waals surface area contributed by atoms with E-state index in [0.717, 1.165) is 22.0 Å². The molecule has 2 nitrogen and oxygen atoms in total. The molecule has 0 aliphatic heterocycles. The molecule has 0 amide bonds. The average Bonchev–Trinajstić information content (AvgIpc) is 2.30. The Morgan fingerprint density at radius 1 is 1.25 bits per heavy atom. The molecule has 0 bridgehead atoms. The van der Waals surface area contributed by atoms with Gasteiger partial charge in [-0.2, -0.15) is 0 Å². The van der Waals surface area contributed by atoms with Crippen LogP contribution in [0.3, 0.4) is 0 Å². The van der Waals surface area contributed by atoms with E-state index in [2.05, 4.69) is 11.9 Å². The monoisotopic (exact) mass is 213 g/mol. The molecular formula is C14H15NO. The van der Waals surface area contributed by atoms with Gasteiger partial charge in [0.25, 0.3) is 0 Å². The van der Waals surface area contributed by atoms with E-state index < -0.39 is 0 Å². The molecule has 1 heterocycles. The van der Waals surface area contributed by atoms with Crippen molar-refractivity contribution in [2.75, 3.05) is 0 Å². The molecule has 0 aliphatic carbocycles. The van der Waals surface area contributed by atoms with Crippen LogP contribution in [0.4, 0.5) is 0 Å². The quantitative estimate of drug-likeness (QED) is 0.715. The van der Waals surface area contributed by atoms with E-state index in [-0.39, 0.29) is 5.78 Å². The summed E-state index contributed by atoms with van der Waals surface area (Å²) in [5, 5.41) is 1.13. The summed E-state index contributed by atoms with van der Waals surface area (Å²) < 4.78 is 0. The van der Waals surface area contributed by atoms with Crippen LogP contribution in [0.2, 0.25) is 0 Å². The Balaban J connectivity index is 2.75. The van der Waals surface area contributed by atoms with Gasteiger partial charge in [0.1, 0.15) is 0 Å². The Labute approximate surface area is 95.3 Å². The second kappa shape index (κ2) is 4.05. The number of ketones is 1. The molecular weight excluding hydrogens is 198 g/mol. The van der Waals surface area contributed by atoms with Gasteiger partial charge >= 0.3 is 0 Å². The fraction of sp³-hybridized carbons (Fsp3) is 0.286. The Kier molecular flexibility index (Phi) is 2.73. The van der Waals surface area contributed by atoms with Crippen LogP contribution in [0.15, 0.2) is 24.4 Å². The zero-order chi connectivity index (χ0) is 11.7. The van der Waals surface area contributed by atoms with Gasteiger partial charge in [-0.15, -0.1) is 0 Å². The maximum absolute atomic E-state index is 11.7. The first-order valence-corrected chi connectivity index (χ1v) is 5.53. The number of nitrogens with zero attached hydrogens (tertiary/aromatic N) is 1. The van der Waals surface area contributed by atoms with Crippen molar-refractivity contribution >= 4 is 16.7 Å². The molecule has 0 unspecified atom stereocenters. The minimum Gasteiger partial charge on any atom is -0.294 e. The number of fused-ring (bicyclic) bond motifs is 1. The number of aryl methyl sites for hydroxylation is 2. The van der Waals surface area contributed by atoms with Gasteiger partial charge in [0.15, 0.2) is 5.78 Å². The van der Waals surface area contributed by atoms with Gasteiger partial charge in [0, 0.05) is 23.6 Å². The zero-order valence-electron chi connectivity index (χ0n) is 9.87. The normalized spacial score (nSPS) is 10.7. The van der Waals surface area contributed by atoms with Crippen LogP contribution in [0, 0.1) is 13.8 Å². The van der Waals surface area contributed by atoms with Gasteiger partial charge in [0.05, 0.1) is 5.52 Å². The van der Waals surface area contributed by atoms with E-state index in [1.165, 1.54) is 5.56 Å². The fourth-order valence-electron chi connectivity index (χ4n) is 1.99. The summed E-state index contributed by atoms with van der Waals surface area (Å²) >= 11 is 0. The smallest absolute Gasteiger partial charge is 0.162 e. The lowest BCUT2D eigenvalue weighted by atomic mass is 9.98. The van der Waals surface area contributed by atoms with Crippen molar-refractivity contribution in [3.63, 3.8) is 0 Å². The number of carbonyl (C=O) groups is 1. The number of aromatic nitrogens is 1. The topological polar surface area (TPSA) is 30.0 Å². The van der Waals surface area contributed by atoms with E-state index in [1.54, 1.807) is 6.20 Å². The van der Waals surface area contributed by atoms with Crippen LogP contribution >= 0.6 is 0 Å². The highest BCUT2D eigenvalue weighted by Gasteiger charge is 2.10. The number of hydrogen-bond acceptors (Lipinski definition) is 2. The van der Waals surface area contributed by atoms with Crippen molar-refractivity contribution in [2.45, 2.75) is 27.2 Å². The van der Waals surface area contributed by atoms with E-state index in [0.29, 0.717) is 6.42 Å². The van der Waals surface area contributed by atoms with Gasteiger partial charge in [-0.1, -0.05) is 19.1 Å². The van der Waals surface area contributed by atoms with E-state index in [9.17, 15) is 4.79 Å². The molecule has 16 heavy (non-hydrogen) atoms. The molecule has 2 aromatic rings. The molecule has 2 heteroatoms. The van der Waals surface area contributed by atoms with Crippen LogP contribution in [0.1, 0.15) is 34.8 Å². The SMILES string of the molecule is CCC(=O)c1ccc2c(C)ccnc2c1C. The third-order valence-corrected chi connectivity index (χ3v) is 3.01. The Morgan fingerprint density at radius 2 is 2.00 bits per heavy atom. The van der Waals surface area contributed by atoms with E-state index in [1.807, 2.05) is 32.0 Å². The lowest BCUT2D eigenvalue weighted by Gasteiger charge is -2.08. The van der Waals surface area contributed by atoms with Gasteiger partial charge in [-0.25, -0.2) is 0 Å². The predicted octanol–water partition coefficient (Wildman–Crippen LogP) is 3.44. The highest BCUT2D eigenvalue weighted by Crippen LogP contribution is 2.23. The molecule has 0 saturated carbocycles. The number of benzene rings is 1. The van der Waals surface area contributed by atoms with Crippen LogP contribution in [0.25, 0.3) is 10.9 Å². The molecule has 0 N–H and O–H groups in total. The molecule has 0 radical (unpaired) electrons. The van der Waals surface area contributed by atoms with Crippen LogP contribution in [-0.2, 0) is 0 Å². The first-order chi connectivity index (χ1) is 7.65. The fourth-order valence-corrected chi connectivity index (χ4v) is 1.99. The molecule has 0 spiro atoms. The number of Topliss-reactive ketones (excluding diaryl/α,β-unsaturated/α-hetero) is 1. The van der Waals surface area contributed by atoms with Crippen molar-refractivity contribution in [1.29, 1.82) is 0 Å². The summed E-state index contributed by atoms with van der Waals surface area (Å²) in [7, 11) is 0. The molecule has 2 rings (SSSR count). The molecule has 1 aromatic heterocycles. The summed E-state index contributed by atoms with van der Waals surface area (Å²) in [5.74, 6) is 0.183. The van der Waals surface area contributed by atoms with Crippen molar-refractivity contribution in [3.05, 3.63) is 41.1 Å². The number of carbonyl (C=O) groups excluding carboxylic acids is 1. The molecule has 0 fully saturated rings.